The molecule has 2 heterocycles. The van der Waals surface area contributed by atoms with Crippen molar-refractivity contribution in [1.29, 1.82) is 0 Å². The summed E-state index contributed by atoms with van der Waals surface area (Å²) in [5, 5.41) is 31.7. The number of aromatic amines is 1. The van der Waals surface area contributed by atoms with E-state index in [1.807, 2.05) is 0 Å². The lowest BCUT2D eigenvalue weighted by atomic mass is 10.1. The van der Waals surface area contributed by atoms with Crippen molar-refractivity contribution < 1.29 is 44.1 Å². The number of hydrogen-bond donors (Lipinski definition) is 7. The van der Waals surface area contributed by atoms with E-state index in [9.17, 15) is 33.9 Å². The molecule has 0 radical (unpaired) electrons. The zero-order valence-corrected chi connectivity index (χ0v) is 18.7. The first-order chi connectivity index (χ1) is 16.5. The average molecular weight is 496 g/mol. The monoisotopic (exact) mass is 496 g/mol. The van der Waals surface area contributed by atoms with Gasteiger partial charge in [-0.05, 0) is 19.3 Å². The van der Waals surface area contributed by atoms with Crippen LogP contribution in [0.1, 0.15) is 37.8 Å². The van der Waals surface area contributed by atoms with Gasteiger partial charge in [0.25, 0.3) is 0 Å². The Morgan fingerprint density at radius 3 is 2.40 bits per heavy atom. The summed E-state index contributed by atoms with van der Waals surface area (Å²) in [5.41, 5.74) is 6.08. The highest BCUT2D eigenvalue weighted by atomic mass is 16.4. The number of carbonyl (C=O) groups excluding carboxylic acids is 3. The largest absolute Gasteiger partial charge is 0.481 e. The van der Waals surface area contributed by atoms with Crippen LogP contribution in [0.5, 0.6) is 0 Å². The first-order valence-electron chi connectivity index (χ1n) is 10.8. The molecular formula is C20H28N6O9. The van der Waals surface area contributed by atoms with Crippen LogP contribution in [0.3, 0.4) is 0 Å². The summed E-state index contributed by atoms with van der Waals surface area (Å²) >= 11 is 0. The summed E-state index contributed by atoms with van der Waals surface area (Å²) in [6, 6.07) is -5.11. The Balaban J connectivity index is 2.16. The standard InChI is InChI=1S/C20H28N6O9/c21-11(7-16(29)30)17(31)25-13(6-10-8-22-9-23-10)19(33)26-5-1-2-14(26)18(32)24-12(20(34)35)3-4-15(27)28/h8-9,11-14H,1-7,21H2,(H,22,23)(H,24,32)(H,25,31)(H,27,28)(H,29,30)(H,34,35). The minimum Gasteiger partial charge on any atom is -0.481 e. The topological polar surface area (TPSA) is 245 Å². The average Bonchev–Trinajstić information content (AvgIpc) is 3.46. The summed E-state index contributed by atoms with van der Waals surface area (Å²) in [6.45, 7) is 0.153. The van der Waals surface area contributed by atoms with Gasteiger partial charge in [-0.15, -0.1) is 0 Å². The molecule has 1 aliphatic rings. The van der Waals surface area contributed by atoms with Crippen LogP contribution in [0.25, 0.3) is 0 Å². The van der Waals surface area contributed by atoms with E-state index in [1.165, 1.54) is 17.4 Å². The highest BCUT2D eigenvalue weighted by Crippen LogP contribution is 2.20. The lowest BCUT2D eigenvalue weighted by Gasteiger charge is -2.29. The molecule has 3 amide bonds. The highest BCUT2D eigenvalue weighted by molar-refractivity contribution is 5.95. The number of carbonyl (C=O) groups is 6. The molecule has 4 unspecified atom stereocenters. The number of nitrogens with zero attached hydrogens (tertiary/aromatic N) is 2. The lowest BCUT2D eigenvalue weighted by molar-refractivity contribution is -0.145. The number of likely N-dealkylation sites (tertiary alicyclic amines) is 1. The highest BCUT2D eigenvalue weighted by Gasteiger charge is 2.39. The molecule has 1 aliphatic heterocycles. The van der Waals surface area contributed by atoms with Gasteiger partial charge in [0.15, 0.2) is 0 Å². The van der Waals surface area contributed by atoms with Gasteiger partial charge >= 0.3 is 17.9 Å². The quantitative estimate of drug-likeness (QED) is 0.152. The molecule has 0 spiro atoms. The molecule has 15 heteroatoms. The fraction of sp³-hybridized carbons (Fsp3) is 0.550. The Kier molecular flexibility index (Phi) is 9.69. The van der Waals surface area contributed by atoms with Gasteiger partial charge in [0, 0.05) is 31.3 Å². The minimum atomic E-state index is -1.45. The maximum atomic E-state index is 13.3. The number of imidazole rings is 1. The van der Waals surface area contributed by atoms with Crippen molar-refractivity contribution in [3.63, 3.8) is 0 Å². The first kappa shape index (κ1) is 27.2. The number of carboxylic acid groups (broad SMARTS) is 3. The van der Waals surface area contributed by atoms with Crippen LogP contribution in [0.4, 0.5) is 0 Å². The number of carboxylic acids is 3. The molecule has 0 aromatic carbocycles. The Bertz CT molecular complexity index is 951. The van der Waals surface area contributed by atoms with Crippen LogP contribution >= 0.6 is 0 Å². The third kappa shape index (κ3) is 8.06. The van der Waals surface area contributed by atoms with Crippen molar-refractivity contribution in [2.75, 3.05) is 6.54 Å². The number of nitrogens with one attached hydrogen (secondary N) is 3. The van der Waals surface area contributed by atoms with Crippen molar-refractivity contribution in [3.05, 3.63) is 18.2 Å². The molecule has 0 saturated carbocycles. The second-order valence-electron chi connectivity index (χ2n) is 8.07. The molecular weight excluding hydrogens is 468 g/mol. The van der Waals surface area contributed by atoms with E-state index in [2.05, 4.69) is 20.6 Å². The van der Waals surface area contributed by atoms with Gasteiger partial charge in [-0.25, -0.2) is 9.78 Å². The van der Waals surface area contributed by atoms with Gasteiger partial charge < -0.3 is 41.6 Å². The van der Waals surface area contributed by atoms with Crippen LogP contribution in [0.2, 0.25) is 0 Å². The van der Waals surface area contributed by atoms with Gasteiger partial charge in [-0.2, -0.15) is 0 Å². The number of aromatic nitrogens is 2. The van der Waals surface area contributed by atoms with Crippen molar-refractivity contribution >= 4 is 35.6 Å². The molecule has 192 valence electrons. The van der Waals surface area contributed by atoms with Gasteiger partial charge in [0.05, 0.1) is 18.8 Å². The van der Waals surface area contributed by atoms with Crippen LogP contribution in [-0.2, 0) is 35.2 Å². The lowest BCUT2D eigenvalue weighted by Crippen LogP contribution is -2.57. The van der Waals surface area contributed by atoms with E-state index < -0.39 is 72.6 Å². The molecule has 0 aliphatic carbocycles. The minimum absolute atomic E-state index is 0.0500. The van der Waals surface area contributed by atoms with E-state index >= 15 is 0 Å². The van der Waals surface area contributed by atoms with E-state index in [0.717, 1.165) is 0 Å². The van der Waals surface area contributed by atoms with E-state index in [-0.39, 0.29) is 25.8 Å². The molecule has 35 heavy (non-hydrogen) atoms. The Morgan fingerprint density at radius 1 is 1.11 bits per heavy atom. The molecule has 1 aromatic rings. The fourth-order valence-electron chi connectivity index (χ4n) is 3.67. The molecule has 2 rings (SSSR count). The molecule has 15 nitrogen and oxygen atoms in total. The van der Waals surface area contributed by atoms with E-state index in [4.69, 9.17) is 15.9 Å². The van der Waals surface area contributed by atoms with Gasteiger partial charge in [-0.1, -0.05) is 0 Å². The van der Waals surface area contributed by atoms with Crippen LogP contribution in [0, 0.1) is 0 Å². The Labute approximate surface area is 199 Å². The zero-order chi connectivity index (χ0) is 26.1. The Morgan fingerprint density at radius 2 is 1.83 bits per heavy atom. The van der Waals surface area contributed by atoms with E-state index in [0.29, 0.717) is 12.1 Å². The first-order valence-corrected chi connectivity index (χ1v) is 10.8. The summed E-state index contributed by atoms with van der Waals surface area (Å²) in [6.07, 6.45) is 1.94. The maximum Gasteiger partial charge on any atom is 0.326 e. The van der Waals surface area contributed by atoms with E-state index in [1.54, 1.807) is 0 Å². The summed E-state index contributed by atoms with van der Waals surface area (Å²) in [4.78, 5) is 79.5. The van der Waals surface area contributed by atoms with Gasteiger partial charge in [0.2, 0.25) is 17.7 Å². The number of rotatable bonds is 13. The molecule has 4 atom stereocenters. The number of aliphatic carboxylic acids is 3. The molecule has 1 fully saturated rings. The molecule has 8 N–H and O–H groups in total. The molecule has 0 bridgehead atoms. The number of amides is 3. The SMILES string of the molecule is NC(CC(=O)O)C(=O)NC(Cc1cnc[nH]1)C(=O)N1CCCC1C(=O)NC(CCC(=O)O)C(=O)O. The Hall–Kier alpha value is -4.01. The second-order valence-corrected chi connectivity index (χ2v) is 8.07. The third-order valence-corrected chi connectivity index (χ3v) is 5.42. The van der Waals surface area contributed by atoms with Crippen molar-refractivity contribution in [3.8, 4) is 0 Å². The summed E-state index contributed by atoms with van der Waals surface area (Å²) < 4.78 is 0. The van der Waals surface area contributed by atoms with Crippen LogP contribution in [0.15, 0.2) is 12.5 Å². The van der Waals surface area contributed by atoms with Gasteiger partial charge in [-0.3, -0.25) is 24.0 Å². The number of H-pyrrole nitrogens is 1. The molecule has 1 saturated heterocycles. The van der Waals surface area contributed by atoms with Crippen molar-refractivity contribution in [2.24, 2.45) is 5.73 Å². The predicted octanol–water partition coefficient (Wildman–Crippen LogP) is -2.34. The normalized spacial score (nSPS) is 17.7. The zero-order valence-electron chi connectivity index (χ0n) is 18.7. The third-order valence-electron chi connectivity index (χ3n) is 5.42. The smallest absolute Gasteiger partial charge is 0.326 e. The van der Waals surface area contributed by atoms with Crippen molar-refractivity contribution in [2.45, 2.75) is 62.7 Å². The summed E-state index contributed by atoms with van der Waals surface area (Å²) in [7, 11) is 0. The van der Waals surface area contributed by atoms with Crippen LogP contribution < -0.4 is 16.4 Å². The van der Waals surface area contributed by atoms with Crippen molar-refractivity contribution in [1.82, 2.24) is 25.5 Å². The number of nitrogens with two attached hydrogens (primary N) is 1. The maximum absolute atomic E-state index is 13.3. The number of hydrogen-bond acceptors (Lipinski definition) is 8. The fourth-order valence-corrected chi connectivity index (χ4v) is 3.67. The molecule has 1 aromatic heterocycles. The van der Waals surface area contributed by atoms with Gasteiger partial charge in [0.1, 0.15) is 18.1 Å². The predicted molar refractivity (Wildman–Crippen MR) is 116 cm³/mol. The second kappa shape index (κ2) is 12.5. The summed E-state index contributed by atoms with van der Waals surface area (Å²) in [5.74, 6) is -6.20. The van der Waals surface area contributed by atoms with Crippen LogP contribution in [-0.4, -0.2) is 96.5 Å².